The highest BCUT2D eigenvalue weighted by Crippen LogP contribution is 2.35. The predicted octanol–water partition coefficient (Wildman–Crippen LogP) is 4.83. The summed E-state index contributed by atoms with van der Waals surface area (Å²) in [5, 5.41) is 11.8. The van der Waals surface area contributed by atoms with E-state index < -0.39 is 10.0 Å². The Balaban J connectivity index is 1.06. The van der Waals surface area contributed by atoms with E-state index in [0.29, 0.717) is 37.4 Å². The smallest absolute Gasteiger partial charge is 0.255 e. The van der Waals surface area contributed by atoms with Crippen LogP contribution in [0.5, 0.6) is 5.75 Å². The molecule has 9 nitrogen and oxygen atoms in total. The van der Waals surface area contributed by atoms with Gasteiger partial charge in [0.15, 0.2) is 0 Å². The topological polar surface area (TPSA) is 128 Å². The molecule has 4 N–H and O–H groups in total. The molecule has 6 rings (SSSR count). The summed E-state index contributed by atoms with van der Waals surface area (Å²) in [4.78, 5) is 17.6. The van der Waals surface area contributed by atoms with Crippen LogP contribution in [0.15, 0.2) is 114 Å². The molecule has 0 bridgehead atoms. The third-order valence-electron chi connectivity index (χ3n) is 8.01. The van der Waals surface area contributed by atoms with Gasteiger partial charge in [0, 0.05) is 43.9 Å². The summed E-state index contributed by atoms with van der Waals surface area (Å²) in [6.07, 6.45) is 5.07. The summed E-state index contributed by atoms with van der Waals surface area (Å²) in [7, 11) is -3.74. The van der Waals surface area contributed by atoms with E-state index in [1.54, 1.807) is 18.2 Å². The fourth-order valence-corrected chi connectivity index (χ4v) is 6.09. The molecule has 1 aromatic heterocycles. The first-order chi connectivity index (χ1) is 21.8. The third kappa shape index (κ3) is 7.31. The van der Waals surface area contributed by atoms with Crippen LogP contribution in [0.2, 0.25) is 0 Å². The predicted molar refractivity (Wildman–Crippen MR) is 173 cm³/mol. The molecule has 10 heteroatoms. The number of aromatic nitrogens is 2. The molecule has 0 spiro atoms. The monoisotopic (exact) mass is 621 g/mol. The minimum Gasteiger partial charge on any atom is -0.492 e. The van der Waals surface area contributed by atoms with E-state index in [4.69, 9.17) is 9.88 Å². The zero-order chi connectivity index (χ0) is 31.2. The van der Waals surface area contributed by atoms with Crippen LogP contribution in [-0.2, 0) is 29.5 Å². The average molecular weight is 622 g/mol. The Hall–Kier alpha value is -4.77. The highest BCUT2D eigenvalue weighted by Gasteiger charge is 2.26. The number of para-hydroxylation sites is 1. The van der Waals surface area contributed by atoms with Gasteiger partial charge >= 0.3 is 0 Å². The normalized spacial score (nSPS) is 14.4. The van der Waals surface area contributed by atoms with Crippen LogP contribution in [0.3, 0.4) is 0 Å². The largest absolute Gasteiger partial charge is 0.492 e. The van der Waals surface area contributed by atoms with Crippen LogP contribution in [0.4, 0.5) is 0 Å². The summed E-state index contributed by atoms with van der Waals surface area (Å²) in [5.74, 6) is 0.383. The minimum atomic E-state index is -3.74. The molecule has 1 atom stereocenters. The van der Waals surface area contributed by atoms with Crippen molar-refractivity contribution in [1.82, 2.24) is 20.2 Å². The van der Waals surface area contributed by atoms with E-state index >= 15 is 0 Å². The molecule has 0 aliphatic carbocycles. The molecule has 0 fully saturated rings. The fourth-order valence-electron chi connectivity index (χ4n) is 5.57. The first kappa shape index (κ1) is 30.3. The lowest BCUT2D eigenvalue weighted by molar-refractivity contribution is 0.0948. The standard InChI is InChI=1S/C35H35N5O4S/c36-45(42,43)30-15-11-25(12-16-30)17-19-38-35(41)32-8-4-7-31-33(18-20-44-34(31)32)39-22-29-21-37-24-40(29)23-26-9-13-28(14-10-26)27-5-2-1-3-6-27/h1-16,21,24,33,39H,17-20,22-23H2,(H,38,41)(H2,36,42,43). The molecule has 0 radical (unpaired) electrons. The number of sulfonamides is 1. The number of fused-ring (bicyclic) bond motifs is 1. The molecule has 4 aromatic carbocycles. The number of carbonyl (C=O) groups excluding carboxylic acids is 1. The summed E-state index contributed by atoms with van der Waals surface area (Å²) in [5.41, 5.74) is 6.99. The van der Waals surface area contributed by atoms with Gasteiger partial charge in [-0.1, -0.05) is 78.9 Å². The van der Waals surface area contributed by atoms with Gasteiger partial charge in [-0.05, 0) is 46.9 Å². The van der Waals surface area contributed by atoms with Crippen LogP contribution < -0.4 is 20.5 Å². The second-order valence-corrected chi connectivity index (χ2v) is 12.6. The summed E-state index contributed by atoms with van der Waals surface area (Å²) >= 11 is 0. The Labute approximate surface area is 263 Å². The van der Waals surface area contributed by atoms with Gasteiger partial charge in [0.1, 0.15) is 5.75 Å². The number of benzene rings is 4. The SMILES string of the molecule is NS(=O)(=O)c1ccc(CCNC(=O)c2cccc3c2OCCC3NCc2cncn2Cc2ccc(-c3ccccc3)cc2)cc1. The molecule has 2 heterocycles. The zero-order valence-electron chi connectivity index (χ0n) is 24.7. The van der Waals surface area contributed by atoms with Crippen LogP contribution in [-0.4, -0.2) is 37.0 Å². The molecule has 1 amide bonds. The number of hydrogen-bond acceptors (Lipinski definition) is 6. The Morgan fingerprint density at radius 3 is 2.40 bits per heavy atom. The number of amides is 1. The van der Waals surface area contributed by atoms with Gasteiger partial charge in [-0.15, -0.1) is 0 Å². The molecular formula is C35H35N5O4S. The van der Waals surface area contributed by atoms with E-state index in [1.165, 1.54) is 28.8 Å². The Bertz CT molecular complexity index is 1870. The lowest BCUT2D eigenvalue weighted by atomic mass is 9.97. The van der Waals surface area contributed by atoms with Gasteiger partial charge in [-0.2, -0.15) is 0 Å². The lowest BCUT2D eigenvalue weighted by Crippen LogP contribution is -2.30. The molecule has 1 aliphatic rings. The number of nitrogens with one attached hydrogen (secondary N) is 2. The molecule has 0 saturated heterocycles. The summed E-state index contributed by atoms with van der Waals surface area (Å²) < 4.78 is 31.1. The Kier molecular flexibility index (Phi) is 9.06. The first-order valence-corrected chi connectivity index (χ1v) is 16.4. The van der Waals surface area contributed by atoms with E-state index in [-0.39, 0.29) is 16.8 Å². The minimum absolute atomic E-state index is 0.0207. The average Bonchev–Trinajstić information content (AvgIpc) is 3.50. The molecule has 1 aliphatic heterocycles. The van der Waals surface area contributed by atoms with Crippen molar-refractivity contribution in [3.63, 3.8) is 0 Å². The van der Waals surface area contributed by atoms with Crippen LogP contribution >= 0.6 is 0 Å². The van der Waals surface area contributed by atoms with Crippen molar-refractivity contribution in [3.8, 4) is 16.9 Å². The second-order valence-electron chi connectivity index (χ2n) is 11.1. The van der Waals surface area contributed by atoms with Crippen molar-refractivity contribution in [2.24, 2.45) is 5.14 Å². The fraction of sp³-hybridized carbons (Fsp3) is 0.200. The zero-order valence-corrected chi connectivity index (χ0v) is 25.5. The highest BCUT2D eigenvalue weighted by molar-refractivity contribution is 7.89. The van der Waals surface area contributed by atoms with Gasteiger partial charge < -0.3 is 19.9 Å². The lowest BCUT2D eigenvalue weighted by Gasteiger charge is -2.28. The molecule has 45 heavy (non-hydrogen) atoms. The van der Waals surface area contributed by atoms with Crippen LogP contribution in [0.1, 0.15) is 45.2 Å². The quantitative estimate of drug-likeness (QED) is 0.194. The number of imidazole rings is 1. The van der Waals surface area contributed by atoms with Gasteiger partial charge in [0.2, 0.25) is 10.0 Å². The number of rotatable bonds is 11. The Morgan fingerprint density at radius 1 is 0.911 bits per heavy atom. The summed E-state index contributed by atoms with van der Waals surface area (Å²) in [6, 6.07) is 31.0. The number of hydrogen-bond donors (Lipinski definition) is 3. The number of nitrogens with two attached hydrogens (primary N) is 1. The van der Waals surface area contributed by atoms with Gasteiger partial charge in [-0.3, -0.25) is 4.79 Å². The second kappa shape index (κ2) is 13.5. The van der Waals surface area contributed by atoms with Crippen molar-refractivity contribution < 1.29 is 17.9 Å². The maximum Gasteiger partial charge on any atom is 0.255 e. The molecular weight excluding hydrogens is 586 g/mol. The Morgan fingerprint density at radius 2 is 1.64 bits per heavy atom. The summed E-state index contributed by atoms with van der Waals surface area (Å²) in [6.45, 7) is 2.22. The van der Waals surface area contributed by atoms with Crippen LogP contribution in [0.25, 0.3) is 11.1 Å². The van der Waals surface area contributed by atoms with Crippen LogP contribution in [0, 0.1) is 0 Å². The highest BCUT2D eigenvalue weighted by atomic mass is 32.2. The van der Waals surface area contributed by atoms with Gasteiger partial charge in [0.25, 0.3) is 5.91 Å². The van der Waals surface area contributed by atoms with Gasteiger partial charge in [0.05, 0.1) is 29.1 Å². The number of primary sulfonamides is 1. The first-order valence-electron chi connectivity index (χ1n) is 14.9. The van der Waals surface area contributed by atoms with Crippen molar-refractivity contribution in [2.45, 2.75) is 36.9 Å². The molecule has 230 valence electrons. The number of nitrogens with zero attached hydrogens (tertiary/aromatic N) is 2. The van der Waals surface area contributed by atoms with Crippen molar-refractivity contribution in [1.29, 1.82) is 0 Å². The number of carbonyl (C=O) groups is 1. The number of ether oxygens (including phenoxy) is 1. The molecule has 1 unspecified atom stereocenters. The maximum absolute atomic E-state index is 13.1. The van der Waals surface area contributed by atoms with Crippen molar-refractivity contribution >= 4 is 15.9 Å². The van der Waals surface area contributed by atoms with E-state index in [1.807, 2.05) is 42.9 Å². The molecule has 0 saturated carbocycles. The van der Waals surface area contributed by atoms with E-state index in [2.05, 4.69) is 56.6 Å². The third-order valence-corrected chi connectivity index (χ3v) is 8.94. The molecule has 5 aromatic rings. The van der Waals surface area contributed by atoms with E-state index in [0.717, 1.165) is 29.8 Å². The maximum atomic E-state index is 13.1. The van der Waals surface area contributed by atoms with Crippen molar-refractivity contribution in [2.75, 3.05) is 13.2 Å². The van der Waals surface area contributed by atoms with Crippen molar-refractivity contribution in [3.05, 3.63) is 138 Å². The van der Waals surface area contributed by atoms with Gasteiger partial charge in [-0.25, -0.2) is 18.5 Å². The van der Waals surface area contributed by atoms with E-state index in [9.17, 15) is 13.2 Å².